The number of aryl methyl sites for hydroxylation is 1. The molecular formula is C21H25ClN2O2. The molecule has 1 aliphatic rings. The number of rotatable bonds is 6. The summed E-state index contributed by atoms with van der Waals surface area (Å²) in [5.74, 6) is -0.784. The lowest BCUT2D eigenvalue weighted by atomic mass is 10.0. The van der Waals surface area contributed by atoms with Crippen molar-refractivity contribution in [2.45, 2.75) is 32.4 Å². The summed E-state index contributed by atoms with van der Waals surface area (Å²) in [6, 6.07) is 16.5. The van der Waals surface area contributed by atoms with E-state index in [2.05, 4.69) is 41.0 Å². The van der Waals surface area contributed by atoms with Crippen molar-refractivity contribution in [3.63, 3.8) is 0 Å². The first-order chi connectivity index (χ1) is 12.5. The first-order valence-corrected chi connectivity index (χ1v) is 9.41. The fraction of sp³-hybridized carbons (Fsp3) is 0.381. The maximum Gasteiger partial charge on any atom is 0.317 e. The molecule has 0 amide bonds. The van der Waals surface area contributed by atoms with Crippen LogP contribution in [0.2, 0.25) is 5.02 Å². The molecule has 4 nitrogen and oxygen atoms in total. The van der Waals surface area contributed by atoms with Crippen LogP contribution in [0.15, 0.2) is 48.5 Å². The van der Waals surface area contributed by atoms with E-state index >= 15 is 0 Å². The molecule has 138 valence electrons. The van der Waals surface area contributed by atoms with Gasteiger partial charge in [0.05, 0.1) is 6.54 Å². The van der Waals surface area contributed by atoms with Gasteiger partial charge < -0.3 is 10.0 Å². The van der Waals surface area contributed by atoms with Gasteiger partial charge in [0, 0.05) is 36.4 Å². The minimum absolute atomic E-state index is 0.0573. The number of aliphatic carboxylic acids is 1. The zero-order valence-electron chi connectivity index (χ0n) is 15.1. The summed E-state index contributed by atoms with van der Waals surface area (Å²) >= 11 is 6.08. The fourth-order valence-corrected chi connectivity index (χ4v) is 3.82. The van der Waals surface area contributed by atoms with E-state index in [1.807, 2.05) is 24.3 Å². The van der Waals surface area contributed by atoms with Crippen molar-refractivity contribution in [1.29, 1.82) is 0 Å². The number of piperidine rings is 1. The van der Waals surface area contributed by atoms with Gasteiger partial charge in [-0.05, 0) is 49.6 Å². The Bertz CT molecular complexity index is 740. The van der Waals surface area contributed by atoms with Crippen LogP contribution in [0.25, 0.3) is 0 Å². The quantitative estimate of drug-likeness (QED) is 0.825. The first kappa shape index (κ1) is 18.7. The normalized spacial score (nSPS) is 15.4. The third-order valence-corrected chi connectivity index (χ3v) is 5.23. The number of anilines is 1. The van der Waals surface area contributed by atoms with Gasteiger partial charge in [-0.15, -0.1) is 0 Å². The molecule has 0 aromatic heterocycles. The summed E-state index contributed by atoms with van der Waals surface area (Å²) in [4.78, 5) is 15.8. The summed E-state index contributed by atoms with van der Waals surface area (Å²) < 4.78 is 0. The molecule has 1 saturated heterocycles. The maximum absolute atomic E-state index is 11.3. The van der Waals surface area contributed by atoms with E-state index in [0.29, 0.717) is 11.6 Å². The summed E-state index contributed by atoms with van der Waals surface area (Å²) in [6.07, 6.45) is 1.92. The topological polar surface area (TPSA) is 43.8 Å². The molecule has 2 aromatic rings. The van der Waals surface area contributed by atoms with Crippen molar-refractivity contribution >= 4 is 23.3 Å². The van der Waals surface area contributed by atoms with E-state index in [9.17, 15) is 9.90 Å². The lowest BCUT2D eigenvalue weighted by molar-refractivity contribution is -0.139. The number of hydrogen-bond donors (Lipinski definition) is 1. The summed E-state index contributed by atoms with van der Waals surface area (Å²) in [6.45, 7) is 4.65. The molecule has 0 radical (unpaired) electrons. The molecule has 0 unspecified atom stereocenters. The highest BCUT2D eigenvalue weighted by atomic mass is 35.5. The predicted octanol–water partition coefficient (Wildman–Crippen LogP) is 4.20. The molecule has 26 heavy (non-hydrogen) atoms. The van der Waals surface area contributed by atoms with Crippen LogP contribution in [0.3, 0.4) is 0 Å². The van der Waals surface area contributed by atoms with Gasteiger partial charge in [-0.2, -0.15) is 0 Å². The van der Waals surface area contributed by atoms with Crippen LogP contribution in [0.4, 0.5) is 5.69 Å². The van der Waals surface area contributed by atoms with Crippen molar-refractivity contribution in [2.75, 3.05) is 24.5 Å². The number of benzene rings is 2. The minimum atomic E-state index is -0.784. The highest BCUT2D eigenvalue weighted by Crippen LogP contribution is 2.24. The van der Waals surface area contributed by atoms with E-state index < -0.39 is 5.97 Å². The number of nitrogens with zero attached hydrogens (tertiary/aromatic N) is 2. The zero-order valence-corrected chi connectivity index (χ0v) is 15.8. The molecule has 0 aliphatic carbocycles. The number of hydrogen-bond acceptors (Lipinski definition) is 3. The van der Waals surface area contributed by atoms with Gasteiger partial charge >= 0.3 is 5.97 Å². The van der Waals surface area contributed by atoms with Crippen LogP contribution in [0.1, 0.15) is 24.0 Å². The largest absolute Gasteiger partial charge is 0.480 e. The van der Waals surface area contributed by atoms with Gasteiger partial charge in [-0.25, -0.2) is 0 Å². The monoisotopic (exact) mass is 372 g/mol. The van der Waals surface area contributed by atoms with Gasteiger partial charge in [0.1, 0.15) is 0 Å². The highest BCUT2D eigenvalue weighted by molar-refractivity contribution is 6.30. The third kappa shape index (κ3) is 4.99. The molecule has 1 heterocycles. The van der Waals surface area contributed by atoms with Gasteiger partial charge in [0.2, 0.25) is 0 Å². The second-order valence-electron chi connectivity index (χ2n) is 6.98. The summed E-state index contributed by atoms with van der Waals surface area (Å²) in [5.41, 5.74) is 3.56. The Morgan fingerprint density at radius 3 is 2.50 bits per heavy atom. The lowest BCUT2D eigenvalue weighted by Gasteiger charge is -2.39. The molecular weight excluding hydrogens is 348 g/mol. The average molecular weight is 373 g/mol. The standard InChI is InChI=1S/C21H25ClN2O2/c1-16-5-7-19(8-6-16)23-11-9-20(10-12-23)24(15-21(25)26)14-17-3-2-4-18(22)13-17/h2-8,13,20H,9-12,14-15H2,1H3,(H,25,26). The molecule has 0 atom stereocenters. The molecule has 1 aliphatic heterocycles. The Kier molecular flexibility index (Phi) is 6.17. The second kappa shape index (κ2) is 8.56. The van der Waals surface area contributed by atoms with E-state index in [1.165, 1.54) is 11.3 Å². The lowest BCUT2D eigenvalue weighted by Crippen LogP contribution is -2.46. The molecule has 0 bridgehead atoms. The zero-order chi connectivity index (χ0) is 18.5. The van der Waals surface area contributed by atoms with Crippen molar-refractivity contribution in [3.8, 4) is 0 Å². The SMILES string of the molecule is Cc1ccc(N2CCC(N(CC(=O)O)Cc3cccc(Cl)c3)CC2)cc1. The first-order valence-electron chi connectivity index (χ1n) is 9.03. The average Bonchev–Trinajstić information content (AvgIpc) is 2.62. The molecule has 0 saturated carbocycles. The Morgan fingerprint density at radius 1 is 1.19 bits per heavy atom. The summed E-state index contributed by atoms with van der Waals surface area (Å²) in [5, 5.41) is 10.0. The van der Waals surface area contributed by atoms with Crippen LogP contribution >= 0.6 is 11.6 Å². The Morgan fingerprint density at radius 2 is 1.88 bits per heavy atom. The minimum Gasteiger partial charge on any atom is -0.480 e. The van der Waals surface area contributed by atoms with Crippen LogP contribution in [-0.2, 0) is 11.3 Å². The molecule has 1 fully saturated rings. The Hall–Kier alpha value is -2.04. The van der Waals surface area contributed by atoms with Crippen LogP contribution < -0.4 is 4.90 Å². The molecule has 5 heteroatoms. The van der Waals surface area contributed by atoms with E-state index in [1.54, 1.807) is 0 Å². The van der Waals surface area contributed by atoms with E-state index in [-0.39, 0.29) is 12.6 Å². The molecule has 0 spiro atoms. The van der Waals surface area contributed by atoms with Gasteiger partial charge in [-0.1, -0.05) is 41.4 Å². The van der Waals surface area contributed by atoms with Crippen molar-refractivity contribution in [1.82, 2.24) is 4.90 Å². The Balaban J connectivity index is 1.64. The predicted molar refractivity (Wildman–Crippen MR) is 106 cm³/mol. The summed E-state index contributed by atoms with van der Waals surface area (Å²) in [7, 11) is 0. The number of carboxylic acid groups (broad SMARTS) is 1. The van der Waals surface area contributed by atoms with Gasteiger partial charge in [0.25, 0.3) is 0 Å². The third-order valence-electron chi connectivity index (χ3n) is 4.99. The maximum atomic E-state index is 11.3. The van der Waals surface area contributed by atoms with Gasteiger partial charge in [-0.3, -0.25) is 9.69 Å². The number of carboxylic acids is 1. The van der Waals surface area contributed by atoms with Crippen molar-refractivity contribution in [2.24, 2.45) is 0 Å². The van der Waals surface area contributed by atoms with Crippen LogP contribution in [-0.4, -0.2) is 41.7 Å². The highest BCUT2D eigenvalue weighted by Gasteiger charge is 2.26. The Labute approximate surface area is 160 Å². The number of halogens is 1. The molecule has 1 N–H and O–H groups in total. The van der Waals surface area contributed by atoms with Crippen LogP contribution in [0, 0.1) is 6.92 Å². The van der Waals surface area contributed by atoms with E-state index in [0.717, 1.165) is 31.5 Å². The second-order valence-corrected chi connectivity index (χ2v) is 7.42. The smallest absolute Gasteiger partial charge is 0.317 e. The van der Waals surface area contributed by atoms with Gasteiger partial charge in [0.15, 0.2) is 0 Å². The molecule has 2 aromatic carbocycles. The number of carbonyl (C=O) groups is 1. The van der Waals surface area contributed by atoms with E-state index in [4.69, 9.17) is 11.6 Å². The molecule has 3 rings (SSSR count). The fourth-order valence-electron chi connectivity index (χ4n) is 3.60. The van der Waals surface area contributed by atoms with Crippen LogP contribution in [0.5, 0.6) is 0 Å². The van der Waals surface area contributed by atoms with Crippen molar-refractivity contribution < 1.29 is 9.90 Å². The van der Waals surface area contributed by atoms with Crippen molar-refractivity contribution in [3.05, 3.63) is 64.7 Å².